The fraction of sp³-hybridized carbons (Fsp3) is 0. The largest absolute Gasteiger partial charge is 0.393 e. The summed E-state index contributed by atoms with van der Waals surface area (Å²) in [5, 5.41) is 0. The zero-order valence-corrected chi connectivity index (χ0v) is 13.4. The maximum atomic E-state index is 12.1. The minimum absolute atomic E-state index is 0.293. The number of halogens is 1. The maximum absolute atomic E-state index is 12.1. The molecule has 1 amide bonds. The van der Waals surface area contributed by atoms with Crippen molar-refractivity contribution >= 4 is 33.3 Å². The van der Waals surface area contributed by atoms with E-state index in [-0.39, 0.29) is 5.91 Å². The van der Waals surface area contributed by atoms with Crippen molar-refractivity contribution < 1.29 is 4.79 Å². The zero-order valence-electron chi connectivity index (χ0n) is 11.8. The number of amides is 1. The highest BCUT2D eigenvalue weighted by atomic mass is 79.9. The highest BCUT2D eigenvalue weighted by Crippen LogP contribution is 2.20. The molecule has 9 heteroatoms. The van der Waals surface area contributed by atoms with E-state index < -0.39 is 0 Å². The van der Waals surface area contributed by atoms with E-state index in [1.54, 1.807) is 47.6 Å². The third kappa shape index (κ3) is 3.29. The summed E-state index contributed by atoms with van der Waals surface area (Å²) in [5.74, 6) is 0.465. The lowest BCUT2D eigenvalue weighted by Gasteiger charge is -2.12. The predicted molar refractivity (Wildman–Crippen MR) is 88.8 cm³/mol. The molecule has 3 rings (SSSR count). The van der Waals surface area contributed by atoms with Crippen LogP contribution < -0.4 is 16.6 Å². The number of imidazole rings is 1. The Hall–Kier alpha value is -2.94. The van der Waals surface area contributed by atoms with Crippen molar-refractivity contribution in [2.24, 2.45) is 0 Å². The number of nitrogens with two attached hydrogens (primary N) is 1. The minimum atomic E-state index is -0.306. The van der Waals surface area contributed by atoms with E-state index in [1.165, 1.54) is 6.33 Å². The molecule has 0 saturated heterocycles. The third-order valence-corrected chi connectivity index (χ3v) is 3.54. The lowest BCUT2D eigenvalue weighted by atomic mass is 10.2. The number of hydrogen-bond acceptors (Lipinski definition) is 6. The Balaban J connectivity index is 1.75. The molecule has 8 nitrogen and oxygen atoms in total. The summed E-state index contributed by atoms with van der Waals surface area (Å²) in [5.41, 5.74) is 12.1. The number of nitrogen functional groups attached to an aromatic ring is 1. The van der Waals surface area contributed by atoms with Crippen molar-refractivity contribution in [1.29, 1.82) is 0 Å². The lowest BCUT2D eigenvalue weighted by molar-refractivity contribution is 0.0962. The highest BCUT2D eigenvalue weighted by Gasteiger charge is 2.11. The van der Waals surface area contributed by atoms with Crippen LogP contribution in [0.5, 0.6) is 0 Å². The van der Waals surface area contributed by atoms with Gasteiger partial charge >= 0.3 is 0 Å². The van der Waals surface area contributed by atoms with E-state index >= 15 is 0 Å². The molecule has 2 aromatic heterocycles. The fourth-order valence-corrected chi connectivity index (χ4v) is 2.13. The van der Waals surface area contributed by atoms with Gasteiger partial charge < -0.3 is 5.73 Å². The Morgan fingerprint density at radius 1 is 1.22 bits per heavy atom. The average Bonchev–Trinajstić information content (AvgIpc) is 3.08. The van der Waals surface area contributed by atoms with Gasteiger partial charge in [0.25, 0.3) is 5.91 Å². The molecule has 0 fully saturated rings. The van der Waals surface area contributed by atoms with Gasteiger partial charge in [0.2, 0.25) is 0 Å². The second-order valence-electron chi connectivity index (χ2n) is 4.52. The Morgan fingerprint density at radius 2 is 2.00 bits per heavy atom. The van der Waals surface area contributed by atoms with E-state index in [0.717, 1.165) is 4.47 Å². The molecule has 0 unspecified atom stereocenters. The lowest BCUT2D eigenvalue weighted by Crippen LogP contribution is -2.30. The first-order valence-corrected chi connectivity index (χ1v) is 7.35. The van der Waals surface area contributed by atoms with Gasteiger partial charge in [-0.15, -0.1) is 0 Å². The van der Waals surface area contributed by atoms with Crippen molar-refractivity contribution in [3.63, 3.8) is 0 Å². The summed E-state index contributed by atoms with van der Waals surface area (Å²) in [6, 6.07) is 6.96. The van der Waals surface area contributed by atoms with Gasteiger partial charge in [0.1, 0.15) is 18.3 Å². The summed E-state index contributed by atoms with van der Waals surface area (Å²) in [4.78, 5) is 24.1. The second-order valence-corrected chi connectivity index (χ2v) is 5.43. The summed E-state index contributed by atoms with van der Waals surface area (Å²) in [6.07, 6.45) is 6.25. The van der Waals surface area contributed by atoms with Crippen molar-refractivity contribution in [3.05, 3.63) is 59.3 Å². The van der Waals surface area contributed by atoms with Crippen LogP contribution in [0.4, 0.5) is 11.5 Å². The van der Waals surface area contributed by atoms with Crippen LogP contribution >= 0.6 is 15.9 Å². The summed E-state index contributed by atoms with van der Waals surface area (Å²) in [7, 11) is 0. The molecule has 0 radical (unpaired) electrons. The maximum Gasteiger partial charge on any atom is 0.269 e. The Morgan fingerprint density at radius 3 is 2.70 bits per heavy atom. The van der Waals surface area contributed by atoms with Crippen LogP contribution in [0.25, 0.3) is 5.82 Å². The van der Waals surface area contributed by atoms with Gasteiger partial charge in [-0.1, -0.05) is 15.9 Å². The SMILES string of the molecule is Nc1c(NNC(=O)c2ccc(Br)cc2)ncnc1-n1ccnc1. The summed E-state index contributed by atoms with van der Waals surface area (Å²) >= 11 is 3.32. The molecular weight excluding hydrogens is 362 g/mol. The number of carbonyl (C=O) groups is 1. The molecule has 0 bridgehead atoms. The van der Waals surface area contributed by atoms with Gasteiger partial charge in [0.05, 0.1) is 0 Å². The van der Waals surface area contributed by atoms with Crippen LogP contribution in [0.1, 0.15) is 10.4 Å². The number of nitrogens with one attached hydrogen (secondary N) is 2. The van der Waals surface area contributed by atoms with Gasteiger partial charge in [-0.2, -0.15) is 0 Å². The van der Waals surface area contributed by atoms with Crippen molar-refractivity contribution in [1.82, 2.24) is 24.9 Å². The molecule has 3 aromatic rings. The molecule has 2 heterocycles. The zero-order chi connectivity index (χ0) is 16.2. The molecular formula is C14H12BrN7O. The van der Waals surface area contributed by atoms with Crippen LogP contribution in [-0.4, -0.2) is 25.4 Å². The highest BCUT2D eigenvalue weighted by molar-refractivity contribution is 9.10. The number of hydrazine groups is 1. The number of rotatable bonds is 4. The van der Waals surface area contributed by atoms with Gasteiger partial charge in [0.15, 0.2) is 11.6 Å². The normalized spacial score (nSPS) is 10.3. The fourth-order valence-electron chi connectivity index (χ4n) is 1.87. The molecule has 0 spiro atoms. The molecule has 0 aliphatic heterocycles. The number of benzene rings is 1. The molecule has 0 aliphatic carbocycles. The first-order valence-electron chi connectivity index (χ1n) is 6.56. The molecule has 1 aromatic carbocycles. The quantitative estimate of drug-likeness (QED) is 0.601. The van der Waals surface area contributed by atoms with E-state index in [1.807, 2.05) is 0 Å². The van der Waals surface area contributed by atoms with E-state index in [9.17, 15) is 4.79 Å². The topological polar surface area (TPSA) is 111 Å². The Bertz CT molecular complexity index is 818. The smallest absolute Gasteiger partial charge is 0.269 e. The van der Waals surface area contributed by atoms with Gasteiger partial charge in [-0.25, -0.2) is 15.0 Å². The van der Waals surface area contributed by atoms with Crippen molar-refractivity contribution in [2.45, 2.75) is 0 Å². The predicted octanol–water partition coefficient (Wildman–Crippen LogP) is 1.76. The molecule has 0 aliphatic rings. The van der Waals surface area contributed by atoms with E-state index in [2.05, 4.69) is 41.7 Å². The van der Waals surface area contributed by atoms with Crippen molar-refractivity contribution in [3.8, 4) is 5.82 Å². The van der Waals surface area contributed by atoms with Crippen molar-refractivity contribution in [2.75, 3.05) is 11.2 Å². The number of aromatic nitrogens is 4. The monoisotopic (exact) mass is 373 g/mol. The second kappa shape index (κ2) is 6.44. The minimum Gasteiger partial charge on any atom is -0.393 e. The molecule has 4 N–H and O–H groups in total. The van der Waals surface area contributed by atoms with E-state index in [0.29, 0.717) is 22.9 Å². The Labute approximate surface area is 139 Å². The molecule has 116 valence electrons. The summed E-state index contributed by atoms with van der Waals surface area (Å²) < 4.78 is 2.55. The van der Waals surface area contributed by atoms with Gasteiger partial charge in [-0.3, -0.25) is 20.2 Å². The average molecular weight is 374 g/mol. The van der Waals surface area contributed by atoms with Gasteiger partial charge in [0, 0.05) is 22.4 Å². The molecule has 0 saturated carbocycles. The summed E-state index contributed by atoms with van der Waals surface area (Å²) in [6.45, 7) is 0. The standard InChI is InChI=1S/C14H12BrN7O/c15-10-3-1-9(2-4-10)14(23)21-20-12-11(16)13(19-7-18-12)22-6-5-17-8-22/h1-8H,16H2,(H,21,23)(H,18,19,20). The van der Waals surface area contributed by atoms with Crippen LogP contribution in [0, 0.1) is 0 Å². The number of hydrogen-bond donors (Lipinski definition) is 3. The Kier molecular flexibility index (Phi) is 4.20. The molecule has 0 atom stereocenters. The number of anilines is 2. The molecule has 23 heavy (non-hydrogen) atoms. The number of nitrogens with zero attached hydrogens (tertiary/aromatic N) is 4. The van der Waals surface area contributed by atoms with Crippen LogP contribution in [0.15, 0.2) is 53.8 Å². The van der Waals surface area contributed by atoms with Crippen LogP contribution in [-0.2, 0) is 0 Å². The van der Waals surface area contributed by atoms with Crippen LogP contribution in [0.3, 0.4) is 0 Å². The van der Waals surface area contributed by atoms with E-state index in [4.69, 9.17) is 5.73 Å². The first kappa shape index (κ1) is 15.0. The van der Waals surface area contributed by atoms with Gasteiger partial charge in [-0.05, 0) is 24.3 Å². The van der Waals surface area contributed by atoms with Crippen LogP contribution in [0.2, 0.25) is 0 Å². The first-order chi connectivity index (χ1) is 11.1. The third-order valence-electron chi connectivity index (χ3n) is 3.01. The number of carbonyl (C=O) groups excluding carboxylic acids is 1.